The Morgan fingerprint density at radius 3 is 2.59 bits per heavy atom. The first kappa shape index (κ1) is 16.7. The molecule has 0 amide bonds. The van der Waals surface area contributed by atoms with Crippen LogP contribution in [0.1, 0.15) is 23.8 Å². The first-order chi connectivity index (χ1) is 7.19. The Bertz CT molecular complexity index is 324. The molecule has 2 heterocycles. The van der Waals surface area contributed by atoms with E-state index in [0.29, 0.717) is 6.04 Å². The van der Waals surface area contributed by atoms with Gasteiger partial charge in [0.25, 0.3) is 0 Å². The fourth-order valence-electron chi connectivity index (χ4n) is 2.01. The SMILES string of the molecule is CNC1CCN(Cc2nc(C)c(C)o2)C1.Cl.Cl. The highest BCUT2D eigenvalue weighted by molar-refractivity contribution is 5.85. The summed E-state index contributed by atoms with van der Waals surface area (Å²) in [6.45, 7) is 7.02. The van der Waals surface area contributed by atoms with Crippen molar-refractivity contribution >= 4 is 24.8 Å². The first-order valence-electron chi connectivity index (χ1n) is 5.51. The van der Waals surface area contributed by atoms with E-state index in [-0.39, 0.29) is 24.8 Å². The number of likely N-dealkylation sites (tertiary alicyclic amines) is 1. The van der Waals surface area contributed by atoms with Crippen LogP contribution < -0.4 is 5.32 Å². The average molecular weight is 282 g/mol. The predicted octanol–water partition coefficient (Wildman–Crippen LogP) is 1.93. The smallest absolute Gasteiger partial charge is 0.208 e. The van der Waals surface area contributed by atoms with Gasteiger partial charge in [-0.25, -0.2) is 4.98 Å². The van der Waals surface area contributed by atoms with Gasteiger partial charge in [-0.1, -0.05) is 0 Å². The molecule has 6 heteroatoms. The molecule has 0 radical (unpaired) electrons. The molecule has 0 aromatic carbocycles. The zero-order chi connectivity index (χ0) is 10.8. The standard InChI is InChI=1S/C11H19N3O.2ClH/c1-8-9(2)15-11(13-8)7-14-5-4-10(6-14)12-3;;/h10,12H,4-7H2,1-3H3;2*1H. The Hall–Kier alpha value is -0.290. The van der Waals surface area contributed by atoms with Crippen molar-refractivity contribution in [2.45, 2.75) is 32.9 Å². The molecule has 4 nitrogen and oxygen atoms in total. The molecular weight excluding hydrogens is 261 g/mol. The molecule has 100 valence electrons. The molecule has 0 aliphatic carbocycles. The Balaban J connectivity index is 0.00000128. The molecule has 0 saturated carbocycles. The van der Waals surface area contributed by atoms with E-state index in [2.05, 4.69) is 15.2 Å². The Morgan fingerprint density at radius 2 is 2.12 bits per heavy atom. The summed E-state index contributed by atoms with van der Waals surface area (Å²) in [6.07, 6.45) is 1.22. The van der Waals surface area contributed by atoms with Crippen molar-refractivity contribution in [3.8, 4) is 0 Å². The van der Waals surface area contributed by atoms with Crippen molar-refractivity contribution in [1.82, 2.24) is 15.2 Å². The summed E-state index contributed by atoms with van der Waals surface area (Å²) in [4.78, 5) is 6.78. The highest BCUT2D eigenvalue weighted by Crippen LogP contribution is 2.15. The van der Waals surface area contributed by atoms with Crippen LogP contribution in [0.5, 0.6) is 0 Å². The molecule has 2 rings (SSSR count). The van der Waals surface area contributed by atoms with E-state index in [0.717, 1.165) is 37.0 Å². The quantitative estimate of drug-likeness (QED) is 0.919. The molecule has 1 unspecified atom stereocenters. The summed E-state index contributed by atoms with van der Waals surface area (Å²) in [5, 5.41) is 3.30. The van der Waals surface area contributed by atoms with Crippen LogP contribution in [0.4, 0.5) is 0 Å². The van der Waals surface area contributed by atoms with Gasteiger partial charge in [0.05, 0.1) is 12.2 Å². The van der Waals surface area contributed by atoms with E-state index in [1.54, 1.807) is 0 Å². The molecule has 1 saturated heterocycles. The normalized spacial score (nSPS) is 19.8. The third kappa shape index (κ3) is 4.14. The number of nitrogens with zero attached hydrogens (tertiary/aromatic N) is 2. The number of nitrogens with one attached hydrogen (secondary N) is 1. The number of hydrogen-bond donors (Lipinski definition) is 1. The van der Waals surface area contributed by atoms with Gasteiger partial charge in [0, 0.05) is 19.1 Å². The number of aryl methyl sites for hydroxylation is 2. The van der Waals surface area contributed by atoms with Crippen LogP contribution in [-0.2, 0) is 6.54 Å². The van der Waals surface area contributed by atoms with Crippen molar-refractivity contribution in [2.24, 2.45) is 0 Å². The average Bonchev–Trinajstić information content (AvgIpc) is 2.76. The highest BCUT2D eigenvalue weighted by Gasteiger charge is 2.22. The fourth-order valence-corrected chi connectivity index (χ4v) is 2.01. The van der Waals surface area contributed by atoms with Crippen molar-refractivity contribution in [3.63, 3.8) is 0 Å². The van der Waals surface area contributed by atoms with Gasteiger partial charge in [-0.3, -0.25) is 4.90 Å². The predicted molar refractivity (Wildman–Crippen MR) is 73.2 cm³/mol. The second kappa shape index (κ2) is 7.21. The fraction of sp³-hybridized carbons (Fsp3) is 0.727. The van der Waals surface area contributed by atoms with Gasteiger partial charge in [-0.2, -0.15) is 0 Å². The van der Waals surface area contributed by atoms with E-state index < -0.39 is 0 Å². The first-order valence-corrected chi connectivity index (χ1v) is 5.51. The van der Waals surface area contributed by atoms with E-state index in [4.69, 9.17) is 4.42 Å². The molecule has 1 aliphatic heterocycles. The zero-order valence-electron chi connectivity index (χ0n) is 10.5. The lowest BCUT2D eigenvalue weighted by Crippen LogP contribution is -2.29. The van der Waals surface area contributed by atoms with Gasteiger partial charge >= 0.3 is 0 Å². The maximum Gasteiger partial charge on any atom is 0.208 e. The van der Waals surface area contributed by atoms with Crippen LogP contribution in [0.2, 0.25) is 0 Å². The maximum absolute atomic E-state index is 5.57. The Morgan fingerprint density at radius 1 is 1.41 bits per heavy atom. The van der Waals surface area contributed by atoms with Gasteiger partial charge in [0.2, 0.25) is 5.89 Å². The molecule has 1 fully saturated rings. The van der Waals surface area contributed by atoms with Crippen LogP contribution >= 0.6 is 24.8 Å². The lowest BCUT2D eigenvalue weighted by Gasteiger charge is -2.12. The van der Waals surface area contributed by atoms with Crippen LogP contribution in [-0.4, -0.2) is 36.1 Å². The summed E-state index contributed by atoms with van der Waals surface area (Å²) >= 11 is 0. The lowest BCUT2D eigenvalue weighted by molar-refractivity contribution is 0.282. The number of oxazole rings is 1. The van der Waals surface area contributed by atoms with Crippen LogP contribution in [0.25, 0.3) is 0 Å². The second-order valence-corrected chi connectivity index (χ2v) is 4.26. The third-order valence-electron chi connectivity index (χ3n) is 3.11. The minimum Gasteiger partial charge on any atom is -0.444 e. The minimum atomic E-state index is 0. The maximum atomic E-state index is 5.57. The zero-order valence-corrected chi connectivity index (χ0v) is 12.2. The minimum absolute atomic E-state index is 0. The van der Waals surface area contributed by atoms with Gasteiger partial charge in [0.15, 0.2) is 0 Å². The largest absolute Gasteiger partial charge is 0.444 e. The van der Waals surface area contributed by atoms with Crippen molar-refractivity contribution in [3.05, 3.63) is 17.3 Å². The number of rotatable bonds is 3. The Labute approximate surface area is 115 Å². The van der Waals surface area contributed by atoms with E-state index in [1.807, 2.05) is 20.9 Å². The highest BCUT2D eigenvalue weighted by atomic mass is 35.5. The van der Waals surface area contributed by atoms with Crippen LogP contribution in [0.3, 0.4) is 0 Å². The van der Waals surface area contributed by atoms with Gasteiger partial charge in [-0.05, 0) is 27.3 Å². The number of aromatic nitrogens is 1. The topological polar surface area (TPSA) is 41.3 Å². The molecule has 1 aliphatic rings. The molecule has 0 bridgehead atoms. The summed E-state index contributed by atoms with van der Waals surface area (Å²) in [7, 11) is 2.02. The van der Waals surface area contributed by atoms with E-state index in [9.17, 15) is 0 Å². The molecule has 1 aromatic rings. The lowest BCUT2D eigenvalue weighted by atomic mass is 10.3. The van der Waals surface area contributed by atoms with Crippen molar-refractivity contribution in [2.75, 3.05) is 20.1 Å². The number of halogens is 2. The van der Waals surface area contributed by atoms with Gasteiger partial charge in [-0.15, -0.1) is 24.8 Å². The molecule has 1 aromatic heterocycles. The number of likely N-dealkylation sites (N-methyl/N-ethyl adjacent to an activating group) is 1. The van der Waals surface area contributed by atoms with Crippen molar-refractivity contribution < 1.29 is 4.42 Å². The van der Waals surface area contributed by atoms with Crippen LogP contribution in [0, 0.1) is 13.8 Å². The molecule has 1 N–H and O–H groups in total. The summed E-state index contributed by atoms with van der Waals surface area (Å²) in [5.74, 6) is 1.79. The Kier molecular flexibility index (Phi) is 7.09. The molecule has 17 heavy (non-hydrogen) atoms. The van der Waals surface area contributed by atoms with Crippen molar-refractivity contribution in [1.29, 1.82) is 0 Å². The second-order valence-electron chi connectivity index (χ2n) is 4.26. The van der Waals surface area contributed by atoms with Gasteiger partial charge < -0.3 is 9.73 Å². The van der Waals surface area contributed by atoms with E-state index >= 15 is 0 Å². The number of hydrogen-bond acceptors (Lipinski definition) is 4. The summed E-state index contributed by atoms with van der Waals surface area (Å²) in [5.41, 5.74) is 1.01. The summed E-state index contributed by atoms with van der Waals surface area (Å²) < 4.78 is 5.57. The summed E-state index contributed by atoms with van der Waals surface area (Å²) in [6, 6.07) is 0.627. The molecule has 0 spiro atoms. The van der Waals surface area contributed by atoms with Gasteiger partial charge in [0.1, 0.15) is 5.76 Å². The third-order valence-corrected chi connectivity index (χ3v) is 3.11. The van der Waals surface area contributed by atoms with Crippen LogP contribution in [0.15, 0.2) is 4.42 Å². The molecular formula is C11H21Cl2N3O. The van der Waals surface area contributed by atoms with E-state index in [1.165, 1.54) is 6.42 Å². The molecule has 1 atom stereocenters. The monoisotopic (exact) mass is 281 g/mol.